The fourth-order valence-corrected chi connectivity index (χ4v) is 1.42. The summed E-state index contributed by atoms with van der Waals surface area (Å²) < 4.78 is 0.375. The van der Waals surface area contributed by atoms with Crippen molar-refractivity contribution >= 4 is 16.9 Å². The molecule has 0 saturated heterocycles. The molecule has 2 aromatic heterocycles. The van der Waals surface area contributed by atoms with Crippen molar-refractivity contribution < 1.29 is 10.0 Å². The molecule has 0 atom stereocenters. The van der Waals surface area contributed by atoms with Gasteiger partial charge in [-0.3, -0.25) is 9.59 Å². The Kier molecular flexibility index (Phi) is 2.32. The van der Waals surface area contributed by atoms with Crippen LogP contribution in [0.4, 0.5) is 0 Å². The van der Waals surface area contributed by atoms with Crippen LogP contribution in [0.5, 0.6) is 0 Å². The minimum absolute atomic E-state index is 0.120. The van der Waals surface area contributed by atoms with Gasteiger partial charge >= 0.3 is 0 Å². The van der Waals surface area contributed by atoms with Crippen molar-refractivity contribution in [1.29, 1.82) is 0 Å². The highest BCUT2D eigenvalue weighted by Crippen LogP contribution is 2.09. The summed E-state index contributed by atoms with van der Waals surface area (Å²) in [4.78, 5) is 26.8. The number of carbonyl (C=O) groups is 1. The second kappa shape index (κ2) is 3.65. The molecular weight excluding hydrogens is 210 g/mol. The molecule has 0 unspecified atom stereocenters. The summed E-state index contributed by atoms with van der Waals surface area (Å²) in [7, 11) is 1.41. The lowest BCUT2D eigenvalue weighted by atomic mass is 10.2. The zero-order valence-corrected chi connectivity index (χ0v) is 8.47. The molecular formula is C10H9N3O3. The van der Waals surface area contributed by atoms with Crippen molar-refractivity contribution in [2.45, 2.75) is 0 Å². The Balaban J connectivity index is 2.84. The summed E-state index contributed by atoms with van der Waals surface area (Å²) in [5.74, 6) is -0.543. The summed E-state index contributed by atoms with van der Waals surface area (Å²) >= 11 is 0. The fourth-order valence-electron chi connectivity index (χ4n) is 1.42. The zero-order valence-electron chi connectivity index (χ0n) is 8.47. The number of nitrogens with one attached hydrogen (secondary N) is 1. The Hall–Kier alpha value is -2.37. The standard InChI is InChI=1S/C10H9N3O3/c1-11-9(14)7-5-6-3-2-4-12-8(6)13(16)10(7)15/h2-5,16H,1H3,(H,11,14). The second-order valence-electron chi connectivity index (χ2n) is 3.17. The van der Waals surface area contributed by atoms with E-state index >= 15 is 0 Å². The summed E-state index contributed by atoms with van der Waals surface area (Å²) in [6, 6.07) is 4.71. The first-order valence-corrected chi connectivity index (χ1v) is 4.57. The van der Waals surface area contributed by atoms with E-state index in [1.165, 1.54) is 19.3 Å². The highest BCUT2D eigenvalue weighted by Gasteiger charge is 2.14. The molecule has 2 N–H and O–H groups in total. The number of hydrogen-bond donors (Lipinski definition) is 2. The van der Waals surface area contributed by atoms with E-state index in [4.69, 9.17) is 0 Å². The first-order valence-electron chi connectivity index (χ1n) is 4.57. The average molecular weight is 219 g/mol. The molecule has 1 amide bonds. The van der Waals surface area contributed by atoms with Crippen LogP contribution in [0.15, 0.2) is 29.2 Å². The van der Waals surface area contributed by atoms with Crippen molar-refractivity contribution in [3.05, 3.63) is 40.3 Å². The van der Waals surface area contributed by atoms with Crippen molar-refractivity contribution in [3.63, 3.8) is 0 Å². The monoisotopic (exact) mass is 219 g/mol. The molecule has 82 valence electrons. The molecule has 0 aromatic carbocycles. The molecule has 16 heavy (non-hydrogen) atoms. The molecule has 0 bridgehead atoms. The number of fused-ring (bicyclic) bond motifs is 1. The topological polar surface area (TPSA) is 84.2 Å². The predicted molar refractivity (Wildman–Crippen MR) is 56.6 cm³/mol. The quantitative estimate of drug-likeness (QED) is 0.661. The number of pyridine rings is 2. The van der Waals surface area contributed by atoms with Gasteiger partial charge in [0.2, 0.25) is 0 Å². The minimum Gasteiger partial charge on any atom is -0.423 e. The van der Waals surface area contributed by atoms with Crippen LogP contribution in [0.25, 0.3) is 11.0 Å². The van der Waals surface area contributed by atoms with Crippen molar-refractivity contribution in [2.75, 3.05) is 7.05 Å². The van der Waals surface area contributed by atoms with Gasteiger partial charge in [-0.25, -0.2) is 4.98 Å². The van der Waals surface area contributed by atoms with Crippen LogP contribution < -0.4 is 10.9 Å². The van der Waals surface area contributed by atoms with E-state index in [9.17, 15) is 14.8 Å². The molecule has 2 aromatic rings. The second-order valence-corrected chi connectivity index (χ2v) is 3.17. The fraction of sp³-hybridized carbons (Fsp3) is 0.100. The number of hydrogen-bond acceptors (Lipinski definition) is 4. The van der Waals surface area contributed by atoms with E-state index in [0.717, 1.165) is 0 Å². The number of nitrogens with zero attached hydrogens (tertiary/aromatic N) is 2. The predicted octanol–water partition coefficient (Wildman–Crippen LogP) is -0.00660. The number of aromatic nitrogens is 2. The third kappa shape index (κ3) is 1.40. The Morgan fingerprint density at radius 1 is 1.56 bits per heavy atom. The van der Waals surface area contributed by atoms with Crippen molar-refractivity contribution in [3.8, 4) is 0 Å². The maximum Gasteiger partial charge on any atom is 0.297 e. The lowest BCUT2D eigenvalue weighted by Gasteiger charge is -2.04. The van der Waals surface area contributed by atoms with Gasteiger partial charge in [0.05, 0.1) is 0 Å². The summed E-state index contributed by atoms with van der Waals surface area (Å²) in [6.07, 6.45) is 1.45. The third-order valence-corrected chi connectivity index (χ3v) is 2.21. The SMILES string of the molecule is CNC(=O)c1cc2cccnc2n(O)c1=O. The van der Waals surface area contributed by atoms with Gasteiger partial charge in [-0.1, -0.05) is 0 Å². The summed E-state index contributed by atoms with van der Waals surface area (Å²) in [5.41, 5.74) is -0.781. The Morgan fingerprint density at radius 3 is 3.00 bits per heavy atom. The van der Waals surface area contributed by atoms with Gasteiger partial charge in [0.25, 0.3) is 11.5 Å². The van der Waals surface area contributed by atoms with Gasteiger partial charge < -0.3 is 10.5 Å². The molecule has 6 nitrogen and oxygen atoms in total. The highest BCUT2D eigenvalue weighted by atomic mass is 16.5. The van der Waals surface area contributed by atoms with Crippen LogP contribution in [-0.4, -0.2) is 27.9 Å². The summed E-state index contributed by atoms with van der Waals surface area (Å²) in [5, 5.41) is 12.4. The molecule has 0 radical (unpaired) electrons. The van der Waals surface area contributed by atoms with Crippen LogP contribution >= 0.6 is 0 Å². The Morgan fingerprint density at radius 2 is 2.31 bits per heavy atom. The smallest absolute Gasteiger partial charge is 0.297 e. The van der Waals surface area contributed by atoms with E-state index in [1.54, 1.807) is 12.1 Å². The molecule has 2 heterocycles. The third-order valence-electron chi connectivity index (χ3n) is 2.21. The number of amides is 1. The van der Waals surface area contributed by atoms with E-state index in [1.807, 2.05) is 0 Å². The van der Waals surface area contributed by atoms with E-state index in [-0.39, 0.29) is 11.2 Å². The first kappa shape index (κ1) is 10.2. The summed E-state index contributed by atoms with van der Waals surface area (Å²) in [6.45, 7) is 0. The molecule has 0 aliphatic heterocycles. The van der Waals surface area contributed by atoms with Gasteiger partial charge in [0.1, 0.15) is 5.56 Å². The van der Waals surface area contributed by atoms with Crippen LogP contribution in [0.2, 0.25) is 0 Å². The Labute approximate surface area is 90.1 Å². The van der Waals surface area contributed by atoms with Crippen LogP contribution in [-0.2, 0) is 0 Å². The van der Waals surface area contributed by atoms with Gasteiger partial charge in [0, 0.05) is 18.6 Å². The van der Waals surface area contributed by atoms with Crippen LogP contribution in [0.3, 0.4) is 0 Å². The largest absolute Gasteiger partial charge is 0.423 e. The Bertz CT molecular complexity index is 618. The zero-order chi connectivity index (χ0) is 11.7. The number of carbonyl (C=O) groups excluding carboxylic acids is 1. The molecule has 6 heteroatoms. The maximum absolute atomic E-state index is 11.6. The van der Waals surface area contributed by atoms with Gasteiger partial charge in [-0.15, -0.1) is 4.73 Å². The van der Waals surface area contributed by atoms with E-state index in [2.05, 4.69) is 10.3 Å². The molecule has 0 aliphatic rings. The average Bonchev–Trinajstić information content (AvgIpc) is 2.33. The van der Waals surface area contributed by atoms with E-state index < -0.39 is 11.5 Å². The van der Waals surface area contributed by atoms with Gasteiger partial charge in [-0.2, -0.15) is 0 Å². The highest BCUT2D eigenvalue weighted by molar-refractivity contribution is 5.96. The first-order chi connectivity index (χ1) is 7.65. The maximum atomic E-state index is 11.6. The van der Waals surface area contributed by atoms with Crippen molar-refractivity contribution in [2.24, 2.45) is 0 Å². The van der Waals surface area contributed by atoms with E-state index in [0.29, 0.717) is 10.1 Å². The lowest BCUT2D eigenvalue weighted by Crippen LogP contribution is -2.30. The van der Waals surface area contributed by atoms with Gasteiger partial charge in [-0.05, 0) is 18.2 Å². The molecule has 0 saturated carbocycles. The normalized spacial score (nSPS) is 10.3. The van der Waals surface area contributed by atoms with Gasteiger partial charge in [0.15, 0.2) is 5.65 Å². The molecule has 0 fully saturated rings. The van der Waals surface area contributed by atoms with Crippen LogP contribution in [0.1, 0.15) is 10.4 Å². The minimum atomic E-state index is -0.787. The molecule has 0 aliphatic carbocycles. The number of rotatable bonds is 1. The lowest BCUT2D eigenvalue weighted by molar-refractivity contribution is 0.0955. The van der Waals surface area contributed by atoms with Crippen LogP contribution in [0, 0.1) is 0 Å². The molecule has 0 spiro atoms. The van der Waals surface area contributed by atoms with Crippen molar-refractivity contribution in [1.82, 2.24) is 15.0 Å². The molecule has 2 rings (SSSR count).